The fourth-order valence-electron chi connectivity index (χ4n) is 2.92. The minimum atomic E-state index is 0.118. The van der Waals surface area contributed by atoms with E-state index in [-0.39, 0.29) is 11.0 Å². The topological polar surface area (TPSA) is 33.1 Å². The molecule has 0 bridgehead atoms. The summed E-state index contributed by atoms with van der Waals surface area (Å²) in [6.07, 6.45) is 0. The Labute approximate surface area is 133 Å². The van der Waals surface area contributed by atoms with Crippen molar-refractivity contribution in [1.29, 1.82) is 0 Å². The average molecular weight is 313 g/mol. The molecule has 1 aromatic rings. The molecule has 0 aromatic carbocycles. The molecule has 1 saturated heterocycles. The van der Waals surface area contributed by atoms with Gasteiger partial charge in [0, 0.05) is 43.8 Å². The van der Waals surface area contributed by atoms with Crippen LogP contribution in [0.2, 0.25) is 5.15 Å². The standard InChI is InChI=1S/C16H29ClN4/c1-11-12(14(17)20(7)19-11)8-21-9-13(15(2,3)4)18-10-16(21,5)6/h13,18H,8-10H2,1-7H3. The Balaban J connectivity index is 2.23. The summed E-state index contributed by atoms with van der Waals surface area (Å²) in [5.41, 5.74) is 2.56. The Morgan fingerprint density at radius 2 is 2.00 bits per heavy atom. The maximum Gasteiger partial charge on any atom is 0.131 e. The molecule has 1 aromatic heterocycles. The van der Waals surface area contributed by atoms with Gasteiger partial charge in [-0.2, -0.15) is 5.10 Å². The molecule has 2 heterocycles. The fourth-order valence-corrected chi connectivity index (χ4v) is 3.15. The minimum Gasteiger partial charge on any atom is -0.310 e. The number of nitrogens with one attached hydrogen (secondary N) is 1. The number of aromatic nitrogens is 2. The number of rotatable bonds is 2. The van der Waals surface area contributed by atoms with E-state index in [2.05, 4.69) is 49.9 Å². The molecule has 0 saturated carbocycles. The molecule has 21 heavy (non-hydrogen) atoms. The van der Waals surface area contributed by atoms with E-state index in [1.54, 1.807) is 4.68 Å². The van der Waals surface area contributed by atoms with Gasteiger partial charge in [-0.05, 0) is 26.2 Å². The smallest absolute Gasteiger partial charge is 0.131 e. The summed E-state index contributed by atoms with van der Waals surface area (Å²) in [5, 5.41) is 8.90. The zero-order valence-corrected chi connectivity index (χ0v) is 15.2. The van der Waals surface area contributed by atoms with E-state index in [1.165, 1.54) is 0 Å². The molecule has 2 rings (SSSR count). The average Bonchev–Trinajstić information content (AvgIpc) is 2.56. The molecule has 1 aliphatic rings. The summed E-state index contributed by atoms with van der Waals surface area (Å²) in [6.45, 7) is 16.4. The maximum atomic E-state index is 6.41. The number of aryl methyl sites for hydroxylation is 2. The van der Waals surface area contributed by atoms with Gasteiger partial charge in [0.15, 0.2) is 0 Å². The third-order valence-corrected chi connectivity index (χ3v) is 5.18. The summed E-state index contributed by atoms with van der Waals surface area (Å²) >= 11 is 6.41. The van der Waals surface area contributed by atoms with Crippen molar-refractivity contribution in [2.75, 3.05) is 13.1 Å². The summed E-state index contributed by atoms with van der Waals surface area (Å²) in [6, 6.07) is 0.487. The van der Waals surface area contributed by atoms with Crippen molar-refractivity contribution in [3.05, 3.63) is 16.4 Å². The lowest BCUT2D eigenvalue weighted by atomic mass is 9.82. The first-order valence-electron chi connectivity index (χ1n) is 7.69. The third kappa shape index (κ3) is 3.43. The highest BCUT2D eigenvalue weighted by molar-refractivity contribution is 6.30. The van der Waals surface area contributed by atoms with Crippen LogP contribution in [0.15, 0.2) is 0 Å². The second kappa shape index (κ2) is 5.56. The van der Waals surface area contributed by atoms with E-state index in [0.29, 0.717) is 6.04 Å². The summed E-state index contributed by atoms with van der Waals surface area (Å²) < 4.78 is 1.77. The molecular formula is C16H29ClN4. The van der Waals surface area contributed by atoms with Gasteiger partial charge in [-0.15, -0.1) is 0 Å². The van der Waals surface area contributed by atoms with Crippen molar-refractivity contribution in [2.24, 2.45) is 12.5 Å². The first-order chi connectivity index (χ1) is 9.52. The number of piperazine rings is 1. The molecule has 4 nitrogen and oxygen atoms in total. The third-order valence-electron chi connectivity index (χ3n) is 4.70. The lowest BCUT2D eigenvalue weighted by Crippen LogP contribution is -2.64. The van der Waals surface area contributed by atoms with Crippen LogP contribution in [0.5, 0.6) is 0 Å². The lowest BCUT2D eigenvalue weighted by molar-refractivity contribution is 0.0294. The number of nitrogens with zero attached hydrogens (tertiary/aromatic N) is 3. The Hall–Kier alpha value is -0.580. The highest BCUT2D eigenvalue weighted by atomic mass is 35.5. The molecule has 1 aliphatic heterocycles. The second-order valence-electron chi connectivity index (χ2n) is 7.97. The lowest BCUT2D eigenvalue weighted by Gasteiger charge is -2.49. The van der Waals surface area contributed by atoms with E-state index in [4.69, 9.17) is 11.6 Å². The molecule has 120 valence electrons. The Kier molecular flexibility index (Phi) is 4.45. The van der Waals surface area contributed by atoms with Crippen LogP contribution in [-0.2, 0) is 13.6 Å². The van der Waals surface area contributed by atoms with Gasteiger partial charge in [0.1, 0.15) is 5.15 Å². The number of hydrogen-bond acceptors (Lipinski definition) is 3. The summed E-state index contributed by atoms with van der Waals surface area (Å²) in [5.74, 6) is 0. The van der Waals surface area contributed by atoms with Gasteiger partial charge in [-0.1, -0.05) is 32.4 Å². The van der Waals surface area contributed by atoms with Gasteiger partial charge < -0.3 is 5.32 Å². The van der Waals surface area contributed by atoms with E-state index >= 15 is 0 Å². The SMILES string of the molecule is Cc1nn(C)c(Cl)c1CN1CC(C(C)(C)C)NCC1(C)C. The molecule has 0 radical (unpaired) electrons. The molecule has 5 heteroatoms. The van der Waals surface area contributed by atoms with Crippen molar-refractivity contribution >= 4 is 11.6 Å². The summed E-state index contributed by atoms with van der Waals surface area (Å²) in [4.78, 5) is 2.54. The van der Waals surface area contributed by atoms with E-state index in [1.807, 2.05) is 14.0 Å². The largest absolute Gasteiger partial charge is 0.310 e. The molecule has 1 N–H and O–H groups in total. The molecule has 0 aliphatic carbocycles. The quantitative estimate of drug-likeness (QED) is 0.911. The van der Waals surface area contributed by atoms with Crippen molar-refractivity contribution in [3.63, 3.8) is 0 Å². The number of hydrogen-bond donors (Lipinski definition) is 1. The first kappa shape index (κ1) is 16.8. The second-order valence-corrected chi connectivity index (χ2v) is 8.33. The van der Waals surface area contributed by atoms with Crippen molar-refractivity contribution in [1.82, 2.24) is 20.0 Å². The van der Waals surface area contributed by atoms with Crippen molar-refractivity contribution < 1.29 is 0 Å². The predicted octanol–water partition coefficient (Wildman–Crippen LogP) is 2.98. The van der Waals surface area contributed by atoms with Crippen LogP contribution in [-0.4, -0.2) is 39.4 Å². The van der Waals surface area contributed by atoms with Crippen LogP contribution in [0, 0.1) is 12.3 Å². The van der Waals surface area contributed by atoms with Gasteiger partial charge in [0.2, 0.25) is 0 Å². The van der Waals surface area contributed by atoms with Crippen molar-refractivity contribution in [2.45, 2.75) is 59.7 Å². The van der Waals surface area contributed by atoms with E-state index in [0.717, 1.165) is 36.0 Å². The molecule has 0 amide bonds. The highest BCUT2D eigenvalue weighted by Crippen LogP contribution is 2.30. The first-order valence-corrected chi connectivity index (χ1v) is 8.06. The van der Waals surface area contributed by atoms with Crippen LogP contribution in [0.1, 0.15) is 45.9 Å². The van der Waals surface area contributed by atoms with Crippen LogP contribution in [0.3, 0.4) is 0 Å². The van der Waals surface area contributed by atoms with Gasteiger partial charge in [0.25, 0.3) is 0 Å². The van der Waals surface area contributed by atoms with Gasteiger partial charge in [-0.25, -0.2) is 0 Å². The van der Waals surface area contributed by atoms with Gasteiger partial charge in [0.05, 0.1) is 5.69 Å². The van der Waals surface area contributed by atoms with Crippen LogP contribution < -0.4 is 5.32 Å². The summed E-state index contributed by atoms with van der Waals surface area (Å²) in [7, 11) is 1.90. The maximum absolute atomic E-state index is 6.41. The molecule has 1 atom stereocenters. The molecular weight excluding hydrogens is 284 g/mol. The minimum absolute atomic E-state index is 0.118. The monoisotopic (exact) mass is 312 g/mol. The molecule has 1 unspecified atom stereocenters. The van der Waals surface area contributed by atoms with Crippen LogP contribution in [0.4, 0.5) is 0 Å². The van der Waals surface area contributed by atoms with Gasteiger partial charge in [-0.3, -0.25) is 9.58 Å². The predicted molar refractivity (Wildman–Crippen MR) is 88.7 cm³/mol. The fraction of sp³-hybridized carbons (Fsp3) is 0.812. The zero-order valence-electron chi connectivity index (χ0n) is 14.4. The normalized spacial score (nSPS) is 23.5. The zero-order chi connectivity index (χ0) is 16.0. The Bertz CT molecular complexity index is 513. The number of halogens is 1. The Morgan fingerprint density at radius 1 is 1.38 bits per heavy atom. The van der Waals surface area contributed by atoms with Crippen LogP contribution in [0.25, 0.3) is 0 Å². The van der Waals surface area contributed by atoms with E-state index in [9.17, 15) is 0 Å². The van der Waals surface area contributed by atoms with Crippen LogP contribution >= 0.6 is 11.6 Å². The van der Waals surface area contributed by atoms with Crippen molar-refractivity contribution in [3.8, 4) is 0 Å². The Morgan fingerprint density at radius 3 is 2.48 bits per heavy atom. The molecule has 1 fully saturated rings. The van der Waals surface area contributed by atoms with Gasteiger partial charge >= 0.3 is 0 Å². The van der Waals surface area contributed by atoms with E-state index < -0.39 is 0 Å². The molecule has 0 spiro atoms. The highest BCUT2D eigenvalue weighted by Gasteiger charge is 2.38.